The highest BCUT2D eigenvalue weighted by Gasteiger charge is 2.27. The molecule has 0 saturated carbocycles. The van der Waals surface area contributed by atoms with Gasteiger partial charge >= 0.3 is 5.97 Å². The molecule has 3 rings (SSSR count). The van der Waals surface area contributed by atoms with E-state index in [1.54, 1.807) is 0 Å². The Kier molecular flexibility index (Phi) is 4.02. The van der Waals surface area contributed by atoms with Gasteiger partial charge in [0.05, 0.1) is 6.04 Å². The second-order valence-corrected chi connectivity index (χ2v) is 5.61. The number of carboxylic acids is 1. The Morgan fingerprint density at radius 2 is 1.73 bits per heavy atom. The molecule has 0 amide bonds. The number of benzene rings is 2. The van der Waals surface area contributed by atoms with E-state index >= 15 is 0 Å². The smallest absolute Gasteiger partial charge is 0.328 e. The van der Waals surface area contributed by atoms with Crippen LogP contribution in [0.1, 0.15) is 16.7 Å². The second-order valence-electron chi connectivity index (χ2n) is 5.20. The predicted octanol–water partition coefficient (Wildman–Crippen LogP) is 3.04. The minimum atomic E-state index is -0.947. The van der Waals surface area contributed by atoms with Crippen molar-refractivity contribution in [3.05, 3.63) is 77.4 Å². The summed E-state index contributed by atoms with van der Waals surface area (Å²) in [6, 6.07) is 17.5. The van der Waals surface area contributed by atoms with Gasteiger partial charge in [-0.2, -0.15) is 0 Å². The lowest BCUT2D eigenvalue weighted by atomic mass is 9.87. The van der Waals surface area contributed by atoms with Crippen molar-refractivity contribution in [3.8, 4) is 0 Å². The van der Waals surface area contributed by atoms with E-state index in [-0.39, 0.29) is 6.04 Å². The van der Waals surface area contributed by atoms with E-state index in [0.717, 1.165) is 22.3 Å². The highest BCUT2D eigenvalue weighted by Crippen LogP contribution is 2.29. The van der Waals surface area contributed by atoms with Gasteiger partial charge in [0.1, 0.15) is 4.99 Å². The van der Waals surface area contributed by atoms with Crippen LogP contribution in [0.3, 0.4) is 0 Å². The highest BCUT2D eigenvalue weighted by molar-refractivity contribution is 7.80. The van der Waals surface area contributed by atoms with E-state index in [0.29, 0.717) is 11.4 Å². The third kappa shape index (κ3) is 2.92. The number of fused-ring (bicyclic) bond motifs is 1. The lowest BCUT2D eigenvalue weighted by molar-refractivity contribution is -0.131. The molecule has 3 nitrogen and oxygen atoms in total. The Morgan fingerprint density at radius 1 is 1.09 bits per heavy atom. The fourth-order valence-corrected chi connectivity index (χ4v) is 3.08. The van der Waals surface area contributed by atoms with Gasteiger partial charge in [-0.25, -0.2) is 4.79 Å². The number of thiocarbonyl (C=S) groups is 1. The van der Waals surface area contributed by atoms with E-state index in [4.69, 9.17) is 12.2 Å². The molecular weight excluding hydrogens is 294 g/mol. The van der Waals surface area contributed by atoms with Crippen molar-refractivity contribution in [1.29, 1.82) is 0 Å². The monoisotopic (exact) mass is 309 g/mol. The number of hydrogen-bond acceptors (Lipinski definition) is 2. The molecule has 22 heavy (non-hydrogen) atoms. The summed E-state index contributed by atoms with van der Waals surface area (Å²) >= 11 is 5.43. The maximum Gasteiger partial charge on any atom is 0.328 e. The van der Waals surface area contributed by atoms with Crippen LogP contribution in [-0.4, -0.2) is 22.1 Å². The lowest BCUT2D eigenvalue weighted by Gasteiger charge is -2.30. The molecule has 0 saturated heterocycles. The number of rotatable bonds is 3. The van der Waals surface area contributed by atoms with E-state index in [1.807, 2.05) is 54.6 Å². The first-order valence-electron chi connectivity index (χ1n) is 7.04. The second kappa shape index (κ2) is 6.12. The van der Waals surface area contributed by atoms with Crippen LogP contribution < -0.4 is 5.32 Å². The van der Waals surface area contributed by atoms with Crippen LogP contribution in [0.2, 0.25) is 0 Å². The summed E-state index contributed by atoms with van der Waals surface area (Å²) in [5.41, 5.74) is 3.68. The van der Waals surface area contributed by atoms with Crippen molar-refractivity contribution >= 4 is 28.7 Å². The normalized spacial score (nSPS) is 18.6. The van der Waals surface area contributed by atoms with Crippen molar-refractivity contribution in [2.24, 2.45) is 0 Å². The van der Waals surface area contributed by atoms with E-state index in [1.165, 1.54) is 6.08 Å². The fourth-order valence-electron chi connectivity index (χ4n) is 2.76. The minimum Gasteiger partial charge on any atom is -0.478 e. The molecule has 1 heterocycles. The topological polar surface area (TPSA) is 49.3 Å². The van der Waals surface area contributed by atoms with Crippen molar-refractivity contribution in [3.63, 3.8) is 0 Å². The Labute approximate surface area is 134 Å². The Morgan fingerprint density at radius 3 is 2.41 bits per heavy atom. The summed E-state index contributed by atoms with van der Waals surface area (Å²) in [5, 5.41) is 12.5. The molecule has 0 bridgehead atoms. The molecule has 2 aromatic rings. The van der Waals surface area contributed by atoms with E-state index < -0.39 is 5.97 Å². The van der Waals surface area contributed by atoms with Gasteiger partial charge in [0.15, 0.2) is 0 Å². The van der Waals surface area contributed by atoms with Crippen molar-refractivity contribution < 1.29 is 9.90 Å². The fraction of sp³-hybridized carbons (Fsp3) is 0.111. The first kappa shape index (κ1) is 14.5. The summed E-state index contributed by atoms with van der Waals surface area (Å²) in [7, 11) is 0. The van der Waals surface area contributed by atoms with Gasteiger partial charge in [0, 0.05) is 11.6 Å². The van der Waals surface area contributed by atoms with Crippen LogP contribution in [0.5, 0.6) is 0 Å². The number of nitrogens with one attached hydrogen (secondary N) is 1. The van der Waals surface area contributed by atoms with Gasteiger partial charge in [-0.1, -0.05) is 66.8 Å². The van der Waals surface area contributed by atoms with Gasteiger partial charge in [-0.3, -0.25) is 0 Å². The van der Waals surface area contributed by atoms with Crippen LogP contribution in [0.25, 0.3) is 5.57 Å². The average Bonchev–Trinajstić information content (AvgIpc) is 2.52. The average molecular weight is 309 g/mol. The number of hydrogen-bond donors (Lipinski definition) is 2. The Balaban J connectivity index is 2.03. The first-order chi connectivity index (χ1) is 10.6. The van der Waals surface area contributed by atoms with Crippen molar-refractivity contribution in [2.75, 3.05) is 0 Å². The van der Waals surface area contributed by atoms with Crippen LogP contribution in [0, 0.1) is 0 Å². The molecule has 1 aliphatic rings. The van der Waals surface area contributed by atoms with Gasteiger partial charge in [-0.15, -0.1) is 0 Å². The van der Waals surface area contributed by atoms with Crippen LogP contribution in [-0.2, 0) is 11.2 Å². The number of aliphatic carboxylic acids is 1. The molecule has 0 aliphatic carbocycles. The zero-order valence-corrected chi connectivity index (χ0v) is 12.6. The minimum absolute atomic E-state index is 0.138. The standard InChI is InChI=1S/C18H15NO2S/c20-17(21)11-15-13-8-4-5-9-14(13)18(22)19-16(15)10-12-6-2-1-3-7-12/h1-9,11,16H,10H2,(H,19,22)(H,20,21)/b15-11-. The number of carboxylic acid groups (broad SMARTS) is 1. The molecule has 0 radical (unpaired) electrons. The molecule has 0 aromatic heterocycles. The Bertz CT molecular complexity index is 753. The van der Waals surface area contributed by atoms with Crippen molar-refractivity contribution in [2.45, 2.75) is 12.5 Å². The molecule has 2 N–H and O–H groups in total. The summed E-state index contributed by atoms with van der Waals surface area (Å²) in [6.07, 6.45) is 1.97. The van der Waals surface area contributed by atoms with Crippen LogP contribution >= 0.6 is 12.2 Å². The summed E-state index contributed by atoms with van der Waals surface area (Å²) < 4.78 is 0. The molecular formula is C18H15NO2S. The third-order valence-electron chi connectivity index (χ3n) is 3.73. The molecule has 2 aromatic carbocycles. The highest BCUT2D eigenvalue weighted by atomic mass is 32.1. The van der Waals surface area contributed by atoms with Crippen LogP contribution in [0.4, 0.5) is 0 Å². The van der Waals surface area contributed by atoms with Gasteiger partial charge < -0.3 is 10.4 Å². The van der Waals surface area contributed by atoms with Gasteiger partial charge in [-0.05, 0) is 23.1 Å². The molecule has 4 heteroatoms. The van der Waals surface area contributed by atoms with E-state index in [9.17, 15) is 9.90 Å². The SMILES string of the molecule is O=C(O)/C=C1/c2ccccc2C(=S)NC1Cc1ccccc1. The third-order valence-corrected chi connectivity index (χ3v) is 4.06. The molecule has 110 valence electrons. The largest absolute Gasteiger partial charge is 0.478 e. The molecule has 1 atom stereocenters. The zero-order chi connectivity index (χ0) is 15.5. The number of carbonyl (C=O) groups is 1. The molecule has 1 unspecified atom stereocenters. The molecule has 0 spiro atoms. The maximum atomic E-state index is 11.2. The van der Waals surface area contributed by atoms with Crippen LogP contribution in [0.15, 0.2) is 60.7 Å². The summed E-state index contributed by atoms with van der Waals surface area (Å²) in [4.78, 5) is 11.9. The predicted molar refractivity (Wildman–Crippen MR) is 90.8 cm³/mol. The lowest BCUT2D eigenvalue weighted by Crippen LogP contribution is -2.41. The first-order valence-corrected chi connectivity index (χ1v) is 7.44. The van der Waals surface area contributed by atoms with E-state index in [2.05, 4.69) is 5.32 Å². The quantitative estimate of drug-likeness (QED) is 0.676. The summed E-state index contributed by atoms with van der Waals surface area (Å²) in [6.45, 7) is 0. The molecule has 1 aliphatic heterocycles. The van der Waals surface area contributed by atoms with Gasteiger partial charge in [0.25, 0.3) is 0 Å². The molecule has 0 fully saturated rings. The maximum absolute atomic E-state index is 11.2. The van der Waals surface area contributed by atoms with Gasteiger partial charge in [0.2, 0.25) is 0 Å². The summed E-state index contributed by atoms with van der Waals surface area (Å²) in [5.74, 6) is -0.947. The van der Waals surface area contributed by atoms with Crippen molar-refractivity contribution in [1.82, 2.24) is 5.32 Å². The zero-order valence-electron chi connectivity index (χ0n) is 11.8. The Hall–Kier alpha value is -2.46.